The number of nitrogens with one attached hydrogen (secondary N) is 1. The summed E-state index contributed by atoms with van der Waals surface area (Å²) < 4.78 is 54.8. The predicted octanol–water partition coefficient (Wildman–Crippen LogP) is 7.85. The Kier molecular flexibility index (Phi) is 18.2. The van der Waals surface area contributed by atoms with Gasteiger partial charge in [-0.1, -0.05) is 87.1 Å². The van der Waals surface area contributed by atoms with Crippen LogP contribution in [0.5, 0.6) is 11.5 Å². The van der Waals surface area contributed by atoms with E-state index in [2.05, 4.69) is 37.3 Å². The lowest BCUT2D eigenvalue weighted by molar-refractivity contribution is -0.117. The number of methoxy groups -OCH3 is 3. The molecule has 1 N–H and O–H groups in total. The maximum absolute atomic E-state index is 13.6. The van der Waals surface area contributed by atoms with Crippen molar-refractivity contribution in [3.05, 3.63) is 128 Å². The number of carbonyl (C=O) groups excluding carboxylic acids is 1. The van der Waals surface area contributed by atoms with Gasteiger partial charge in [-0.3, -0.25) is 19.1 Å². The summed E-state index contributed by atoms with van der Waals surface area (Å²) in [5.41, 5.74) is -0.126. The first-order chi connectivity index (χ1) is 30.0. The van der Waals surface area contributed by atoms with Gasteiger partial charge in [0.2, 0.25) is 0 Å². The molecule has 0 bridgehead atoms. The van der Waals surface area contributed by atoms with Crippen LogP contribution in [-0.4, -0.2) is 103 Å². The Morgan fingerprint density at radius 2 is 1.40 bits per heavy atom. The standard InChI is InChI=1S/C47H64N3O11PS/c1-31(2)50(32(3)4)62(59-27-28-63-44(52)46(6,7)8)61-40-39(60-43(41(40)57-26-25-54-9)49-29-33(5)42(51)48-45(49)53)30-58-47(34-15-13-12-14-16-34,35-17-21-37(55-10)22-18-35)36-19-23-38(56-11)24-20-36/h12-24,29,31-32,39-41,43H,25-28,30H2,1-11H3,(H,48,51,53)/t39-,40-,41-,43-,62?/m1/s1. The smallest absolute Gasteiger partial charge is 0.330 e. The summed E-state index contributed by atoms with van der Waals surface area (Å²) in [5.74, 6) is 1.78. The molecule has 63 heavy (non-hydrogen) atoms. The summed E-state index contributed by atoms with van der Waals surface area (Å²) in [5, 5.41) is 0.0639. The lowest BCUT2D eigenvalue weighted by Gasteiger charge is -2.39. The minimum atomic E-state index is -1.84. The summed E-state index contributed by atoms with van der Waals surface area (Å²) >= 11 is 1.23. The van der Waals surface area contributed by atoms with Crippen LogP contribution in [0.15, 0.2) is 94.6 Å². The third-order valence-electron chi connectivity index (χ3n) is 10.5. The molecule has 16 heteroatoms. The van der Waals surface area contributed by atoms with Gasteiger partial charge < -0.3 is 37.5 Å². The topological polar surface area (TPSA) is 149 Å². The number of aromatic nitrogens is 2. The largest absolute Gasteiger partial charge is 0.497 e. The summed E-state index contributed by atoms with van der Waals surface area (Å²) in [6, 6.07) is 25.3. The number of aryl methyl sites for hydroxylation is 1. The maximum Gasteiger partial charge on any atom is 0.330 e. The van der Waals surface area contributed by atoms with E-state index < -0.39 is 55.3 Å². The highest BCUT2D eigenvalue weighted by molar-refractivity contribution is 8.13. The Labute approximate surface area is 376 Å². The number of ether oxygens (including phenoxy) is 6. The number of benzene rings is 3. The van der Waals surface area contributed by atoms with Crippen LogP contribution in [0, 0.1) is 12.3 Å². The second-order valence-corrected chi connectivity index (χ2v) is 19.3. The van der Waals surface area contributed by atoms with E-state index in [0.29, 0.717) is 22.8 Å². The zero-order valence-electron chi connectivity index (χ0n) is 38.3. The van der Waals surface area contributed by atoms with E-state index in [9.17, 15) is 14.4 Å². The molecule has 2 heterocycles. The van der Waals surface area contributed by atoms with Crippen LogP contribution < -0.4 is 20.7 Å². The van der Waals surface area contributed by atoms with Gasteiger partial charge in [0, 0.05) is 42.1 Å². The number of hydrogen-bond donors (Lipinski definition) is 1. The first kappa shape index (κ1) is 50.1. The predicted molar refractivity (Wildman–Crippen MR) is 247 cm³/mol. The van der Waals surface area contributed by atoms with Gasteiger partial charge in [0.05, 0.1) is 40.6 Å². The lowest BCUT2D eigenvalue weighted by atomic mass is 9.80. The summed E-state index contributed by atoms with van der Waals surface area (Å²) in [6.45, 7) is 16.1. The van der Waals surface area contributed by atoms with Crippen molar-refractivity contribution < 1.29 is 42.3 Å². The molecule has 1 fully saturated rings. The van der Waals surface area contributed by atoms with Crippen LogP contribution in [-0.2, 0) is 38.4 Å². The number of aromatic amines is 1. The van der Waals surface area contributed by atoms with E-state index in [-0.39, 0.29) is 43.6 Å². The molecule has 5 rings (SSSR count). The van der Waals surface area contributed by atoms with Crippen molar-refractivity contribution in [1.29, 1.82) is 0 Å². The molecule has 3 aromatic carbocycles. The van der Waals surface area contributed by atoms with Crippen molar-refractivity contribution in [3.63, 3.8) is 0 Å². The number of rotatable bonds is 22. The quantitative estimate of drug-likeness (QED) is 0.0464. The Hall–Kier alpha value is -3.89. The van der Waals surface area contributed by atoms with Crippen LogP contribution >= 0.6 is 20.3 Å². The van der Waals surface area contributed by atoms with E-state index >= 15 is 0 Å². The minimum Gasteiger partial charge on any atom is -0.497 e. The molecule has 1 saturated heterocycles. The average Bonchev–Trinajstić information content (AvgIpc) is 3.59. The lowest BCUT2D eigenvalue weighted by Crippen LogP contribution is -2.44. The third kappa shape index (κ3) is 12.3. The van der Waals surface area contributed by atoms with Gasteiger partial charge in [-0.2, -0.15) is 0 Å². The molecule has 0 amide bonds. The van der Waals surface area contributed by atoms with Gasteiger partial charge >= 0.3 is 5.69 Å². The molecule has 344 valence electrons. The number of H-pyrrole nitrogens is 1. The zero-order chi connectivity index (χ0) is 45.9. The maximum atomic E-state index is 13.6. The molecule has 4 aromatic rings. The highest BCUT2D eigenvalue weighted by atomic mass is 32.2. The monoisotopic (exact) mass is 909 g/mol. The van der Waals surface area contributed by atoms with E-state index in [4.69, 9.17) is 37.5 Å². The van der Waals surface area contributed by atoms with Crippen LogP contribution in [0.2, 0.25) is 0 Å². The fourth-order valence-electron chi connectivity index (χ4n) is 7.39. The molecule has 0 aliphatic carbocycles. The Bertz CT molecular complexity index is 2110. The molecule has 1 aliphatic heterocycles. The molecule has 0 spiro atoms. The highest BCUT2D eigenvalue weighted by Gasteiger charge is 2.51. The van der Waals surface area contributed by atoms with Crippen LogP contribution in [0.4, 0.5) is 0 Å². The van der Waals surface area contributed by atoms with Crippen molar-refractivity contribution in [3.8, 4) is 11.5 Å². The number of carbonyl (C=O) groups is 1. The van der Waals surface area contributed by atoms with Crippen molar-refractivity contribution in [2.75, 3.05) is 53.5 Å². The Morgan fingerprint density at radius 1 is 0.825 bits per heavy atom. The van der Waals surface area contributed by atoms with Crippen molar-refractivity contribution in [1.82, 2.24) is 14.2 Å². The first-order valence-corrected chi connectivity index (χ1v) is 23.3. The van der Waals surface area contributed by atoms with Gasteiger partial charge in [-0.25, -0.2) is 9.46 Å². The first-order valence-electron chi connectivity index (χ1n) is 21.2. The molecule has 0 saturated carbocycles. The molecule has 1 aromatic heterocycles. The summed E-state index contributed by atoms with van der Waals surface area (Å²) in [4.78, 5) is 41.6. The minimum absolute atomic E-state index is 0.0130. The van der Waals surface area contributed by atoms with Gasteiger partial charge in [0.15, 0.2) is 11.3 Å². The molecule has 0 radical (unpaired) electrons. The molecule has 5 atom stereocenters. The summed E-state index contributed by atoms with van der Waals surface area (Å²) in [6.07, 6.45) is -2.30. The zero-order valence-corrected chi connectivity index (χ0v) is 40.0. The summed E-state index contributed by atoms with van der Waals surface area (Å²) in [7, 11) is 2.97. The number of nitrogens with zero attached hydrogens (tertiary/aromatic N) is 2. The van der Waals surface area contributed by atoms with Crippen LogP contribution in [0.1, 0.15) is 76.9 Å². The Morgan fingerprint density at radius 3 is 1.92 bits per heavy atom. The highest BCUT2D eigenvalue weighted by Crippen LogP contribution is 2.51. The van der Waals surface area contributed by atoms with E-state index in [0.717, 1.165) is 16.7 Å². The van der Waals surface area contributed by atoms with Crippen LogP contribution in [0.3, 0.4) is 0 Å². The SMILES string of the molecule is COCCO[C@@H]1[C@H](OP(OCCSC(=O)C(C)(C)C)N(C(C)C)C(C)C)[C@@H](COC(c2ccccc2)(c2ccc(OC)cc2)c2ccc(OC)cc2)O[C@H]1n1cc(C)c(=O)[nH]c1=O. The third-order valence-corrected chi connectivity index (χ3v) is 13.9. The average molecular weight is 910 g/mol. The van der Waals surface area contributed by atoms with Crippen molar-refractivity contribution in [2.24, 2.45) is 5.41 Å². The van der Waals surface area contributed by atoms with Gasteiger partial charge in [0.25, 0.3) is 14.1 Å². The fraction of sp³-hybridized carbons (Fsp3) is 0.511. The Balaban J connectivity index is 1.66. The fourth-order valence-corrected chi connectivity index (χ4v) is 10.1. The van der Waals surface area contributed by atoms with E-state index in [1.165, 1.54) is 22.5 Å². The van der Waals surface area contributed by atoms with E-state index in [1.807, 2.05) is 99.6 Å². The second-order valence-electron chi connectivity index (χ2n) is 16.8. The number of thioether (sulfide) groups is 1. The normalized spacial score (nSPS) is 18.6. The van der Waals surface area contributed by atoms with Gasteiger partial charge in [0.1, 0.15) is 35.4 Å². The van der Waals surface area contributed by atoms with Gasteiger partial charge in [-0.15, -0.1) is 0 Å². The molecule has 1 unspecified atom stereocenters. The number of hydrogen-bond acceptors (Lipinski definition) is 13. The molecular formula is C47H64N3O11PS. The van der Waals surface area contributed by atoms with Crippen molar-refractivity contribution >= 4 is 25.4 Å². The molecular weight excluding hydrogens is 846 g/mol. The van der Waals surface area contributed by atoms with Gasteiger partial charge in [-0.05, 0) is 75.6 Å². The van der Waals surface area contributed by atoms with Crippen LogP contribution in [0.25, 0.3) is 0 Å². The van der Waals surface area contributed by atoms with E-state index in [1.54, 1.807) is 28.3 Å². The van der Waals surface area contributed by atoms with Crippen molar-refractivity contribution in [2.45, 2.75) is 97.6 Å². The molecule has 14 nitrogen and oxygen atoms in total. The molecule has 1 aliphatic rings. The second kappa shape index (κ2) is 22.8.